The first-order valence-corrected chi connectivity index (χ1v) is 6.43. The fraction of sp³-hybridized carbons (Fsp3) is 0.667. The standard InChI is InChI=1S/C15H24O2/c1-11(2)6-5-9-15(4,17)13-8-7-12(3)10-14(13)16/h5-6,10-11,13,17H,7-9H2,1-4H3. The van der Waals surface area contributed by atoms with Crippen LogP contribution in [0.1, 0.15) is 47.0 Å². The fourth-order valence-corrected chi connectivity index (χ4v) is 2.27. The van der Waals surface area contributed by atoms with Crippen LogP contribution in [0.4, 0.5) is 0 Å². The van der Waals surface area contributed by atoms with E-state index in [9.17, 15) is 9.90 Å². The molecule has 17 heavy (non-hydrogen) atoms. The highest BCUT2D eigenvalue weighted by Gasteiger charge is 2.36. The van der Waals surface area contributed by atoms with Gasteiger partial charge in [-0.3, -0.25) is 4.79 Å². The fourth-order valence-electron chi connectivity index (χ4n) is 2.27. The third-order valence-corrected chi connectivity index (χ3v) is 3.36. The molecule has 0 saturated heterocycles. The van der Waals surface area contributed by atoms with Crippen LogP contribution in [0.5, 0.6) is 0 Å². The summed E-state index contributed by atoms with van der Waals surface area (Å²) in [7, 11) is 0. The first kappa shape index (κ1) is 14.2. The third-order valence-electron chi connectivity index (χ3n) is 3.36. The Morgan fingerprint density at radius 1 is 1.59 bits per heavy atom. The van der Waals surface area contributed by atoms with Crippen LogP contribution < -0.4 is 0 Å². The molecule has 0 amide bonds. The van der Waals surface area contributed by atoms with E-state index >= 15 is 0 Å². The molecule has 1 N–H and O–H groups in total. The molecule has 1 aliphatic carbocycles. The smallest absolute Gasteiger partial charge is 0.161 e. The van der Waals surface area contributed by atoms with Gasteiger partial charge in [-0.25, -0.2) is 0 Å². The largest absolute Gasteiger partial charge is 0.389 e. The predicted molar refractivity (Wildman–Crippen MR) is 70.7 cm³/mol. The zero-order valence-electron chi connectivity index (χ0n) is 11.4. The second-order valence-electron chi connectivity index (χ2n) is 5.72. The van der Waals surface area contributed by atoms with Crippen LogP contribution in [-0.2, 0) is 4.79 Å². The molecule has 96 valence electrons. The molecule has 0 radical (unpaired) electrons. The molecule has 2 unspecified atom stereocenters. The lowest BCUT2D eigenvalue weighted by atomic mass is 9.76. The molecule has 0 aromatic carbocycles. The van der Waals surface area contributed by atoms with Gasteiger partial charge < -0.3 is 5.11 Å². The third kappa shape index (κ3) is 4.12. The van der Waals surface area contributed by atoms with Gasteiger partial charge in [0.15, 0.2) is 5.78 Å². The van der Waals surface area contributed by atoms with Crippen LogP contribution in [0.25, 0.3) is 0 Å². The van der Waals surface area contributed by atoms with Gasteiger partial charge in [0.1, 0.15) is 0 Å². The zero-order valence-corrected chi connectivity index (χ0v) is 11.4. The number of hydrogen-bond acceptors (Lipinski definition) is 2. The molecule has 0 aromatic rings. The number of allylic oxidation sites excluding steroid dienone is 3. The summed E-state index contributed by atoms with van der Waals surface area (Å²) in [6, 6.07) is 0. The highest BCUT2D eigenvalue weighted by Crippen LogP contribution is 2.32. The monoisotopic (exact) mass is 236 g/mol. The van der Waals surface area contributed by atoms with Crippen molar-refractivity contribution in [1.29, 1.82) is 0 Å². The average Bonchev–Trinajstić information content (AvgIpc) is 2.15. The van der Waals surface area contributed by atoms with Gasteiger partial charge in [-0.1, -0.05) is 31.6 Å². The van der Waals surface area contributed by atoms with E-state index in [0.29, 0.717) is 12.3 Å². The number of rotatable bonds is 4. The molecule has 2 heteroatoms. The van der Waals surface area contributed by atoms with Crippen molar-refractivity contribution in [2.45, 2.75) is 52.6 Å². The lowest BCUT2D eigenvalue weighted by Crippen LogP contribution is -2.40. The van der Waals surface area contributed by atoms with Crippen molar-refractivity contribution in [1.82, 2.24) is 0 Å². The van der Waals surface area contributed by atoms with Crippen LogP contribution in [0.15, 0.2) is 23.8 Å². The van der Waals surface area contributed by atoms with E-state index < -0.39 is 5.60 Å². The molecule has 0 fully saturated rings. The van der Waals surface area contributed by atoms with Crippen molar-refractivity contribution in [3.8, 4) is 0 Å². The minimum atomic E-state index is -0.917. The van der Waals surface area contributed by atoms with E-state index in [-0.39, 0.29) is 11.7 Å². The second kappa shape index (κ2) is 5.63. The number of aliphatic hydroxyl groups is 1. The lowest BCUT2D eigenvalue weighted by Gasteiger charge is -2.32. The summed E-state index contributed by atoms with van der Waals surface area (Å²) in [6.07, 6.45) is 7.99. The quantitative estimate of drug-likeness (QED) is 0.761. The van der Waals surface area contributed by atoms with E-state index in [1.165, 1.54) is 0 Å². The molecule has 2 nitrogen and oxygen atoms in total. The van der Waals surface area contributed by atoms with E-state index in [4.69, 9.17) is 0 Å². The van der Waals surface area contributed by atoms with Gasteiger partial charge in [-0.15, -0.1) is 0 Å². The predicted octanol–water partition coefficient (Wildman–Crippen LogP) is 3.27. The van der Waals surface area contributed by atoms with Gasteiger partial charge >= 0.3 is 0 Å². The van der Waals surface area contributed by atoms with Crippen molar-refractivity contribution < 1.29 is 9.90 Å². The van der Waals surface area contributed by atoms with E-state index in [2.05, 4.69) is 19.9 Å². The highest BCUT2D eigenvalue weighted by atomic mass is 16.3. The molecule has 1 rings (SSSR count). The van der Waals surface area contributed by atoms with Crippen molar-refractivity contribution in [3.63, 3.8) is 0 Å². The summed E-state index contributed by atoms with van der Waals surface area (Å²) < 4.78 is 0. The van der Waals surface area contributed by atoms with Crippen LogP contribution in [0.3, 0.4) is 0 Å². The number of hydrogen-bond donors (Lipinski definition) is 1. The maximum atomic E-state index is 11.9. The number of ketones is 1. The summed E-state index contributed by atoms with van der Waals surface area (Å²) in [5.74, 6) is 0.315. The van der Waals surface area contributed by atoms with Crippen LogP contribution >= 0.6 is 0 Å². The average molecular weight is 236 g/mol. The van der Waals surface area contributed by atoms with E-state index in [0.717, 1.165) is 18.4 Å². The Morgan fingerprint density at radius 3 is 2.76 bits per heavy atom. The number of carbonyl (C=O) groups excluding carboxylic acids is 1. The van der Waals surface area contributed by atoms with Crippen molar-refractivity contribution in [2.75, 3.05) is 0 Å². The Kier molecular flexibility index (Phi) is 4.70. The van der Waals surface area contributed by atoms with Gasteiger partial charge in [0.2, 0.25) is 0 Å². The maximum Gasteiger partial charge on any atom is 0.161 e. The van der Waals surface area contributed by atoms with Gasteiger partial charge in [0.25, 0.3) is 0 Å². The molecular formula is C15H24O2. The summed E-state index contributed by atoms with van der Waals surface area (Å²) in [5.41, 5.74) is 0.208. The molecular weight excluding hydrogens is 212 g/mol. The maximum absolute atomic E-state index is 11.9. The Balaban J connectivity index is 2.67. The van der Waals surface area contributed by atoms with E-state index in [1.54, 1.807) is 13.0 Å². The minimum Gasteiger partial charge on any atom is -0.389 e. The normalized spacial score (nSPS) is 25.2. The van der Waals surface area contributed by atoms with Crippen molar-refractivity contribution in [2.24, 2.45) is 11.8 Å². The zero-order chi connectivity index (χ0) is 13.1. The van der Waals surface area contributed by atoms with Gasteiger partial charge in [0.05, 0.1) is 11.5 Å². The molecule has 0 spiro atoms. The SMILES string of the molecule is CC1=CC(=O)C(C(C)(O)CC=CC(C)C)CC1. The molecule has 2 atom stereocenters. The molecule has 0 saturated carbocycles. The summed E-state index contributed by atoms with van der Waals surface area (Å²) >= 11 is 0. The highest BCUT2D eigenvalue weighted by molar-refractivity contribution is 5.94. The molecule has 1 aliphatic rings. The summed E-state index contributed by atoms with van der Waals surface area (Å²) in [6.45, 7) is 7.95. The lowest BCUT2D eigenvalue weighted by molar-refractivity contribution is -0.127. The minimum absolute atomic E-state index is 0.0803. The summed E-state index contributed by atoms with van der Waals surface area (Å²) in [4.78, 5) is 11.9. The number of carbonyl (C=O) groups is 1. The molecule has 0 aromatic heterocycles. The second-order valence-corrected chi connectivity index (χ2v) is 5.72. The molecule has 0 aliphatic heterocycles. The Morgan fingerprint density at radius 2 is 2.24 bits per heavy atom. The Hall–Kier alpha value is -0.890. The molecule has 0 heterocycles. The van der Waals surface area contributed by atoms with E-state index in [1.807, 2.05) is 13.0 Å². The van der Waals surface area contributed by atoms with Crippen LogP contribution in [0.2, 0.25) is 0 Å². The van der Waals surface area contributed by atoms with Crippen molar-refractivity contribution >= 4 is 5.78 Å². The van der Waals surface area contributed by atoms with Crippen LogP contribution in [-0.4, -0.2) is 16.5 Å². The Labute approximate surface area is 104 Å². The molecule has 0 bridgehead atoms. The first-order chi connectivity index (χ1) is 7.83. The summed E-state index contributed by atoms with van der Waals surface area (Å²) in [5, 5.41) is 10.4. The first-order valence-electron chi connectivity index (χ1n) is 6.43. The Bertz CT molecular complexity index is 335. The van der Waals surface area contributed by atoms with Gasteiger partial charge in [-0.2, -0.15) is 0 Å². The van der Waals surface area contributed by atoms with Gasteiger partial charge in [0, 0.05) is 0 Å². The topological polar surface area (TPSA) is 37.3 Å². The van der Waals surface area contributed by atoms with Crippen molar-refractivity contribution in [3.05, 3.63) is 23.8 Å². The van der Waals surface area contributed by atoms with Gasteiger partial charge in [-0.05, 0) is 45.1 Å². The van der Waals surface area contributed by atoms with Crippen LogP contribution in [0, 0.1) is 11.8 Å².